The molecular weight excluding hydrogens is 280 g/mol. The lowest BCUT2D eigenvalue weighted by atomic mass is 9.85. The maximum absolute atomic E-state index is 6.10. The van der Waals surface area contributed by atoms with Crippen LogP contribution < -0.4 is 5.32 Å². The van der Waals surface area contributed by atoms with Crippen molar-refractivity contribution in [2.24, 2.45) is 5.92 Å². The van der Waals surface area contributed by atoms with Gasteiger partial charge < -0.3 is 10.1 Å². The first-order chi connectivity index (χ1) is 10.2. The first-order valence-corrected chi connectivity index (χ1v) is 9.31. The predicted molar refractivity (Wildman–Crippen MR) is 89.9 cm³/mol. The van der Waals surface area contributed by atoms with E-state index >= 15 is 0 Å². The van der Waals surface area contributed by atoms with Crippen molar-refractivity contribution in [1.29, 1.82) is 0 Å². The van der Waals surface area contributed by atoms with E-state index in [1.807, 2.05) is 11.3 Å². The minimum absolute atomic E-state index is 0.210. The molecule has 120 valence electrons. The molecule has 0 radical (unpaired) electrons. The normalized spacial score (nSPS) is 19.6. The Labute approximate surface area is 133 Å². The van der Waals surface area contributed by atoms with Crippen molar-refractivity contribution in [1.82, 2.24) is 10.3 Å². The van der Waals surface area contributed by atoms with Gasteiger partial charge in [0.15, 0.2) is 0 Å². The third-order valence-corrected chi connectivity index (χ3v) is 5.82. The van der Waals surface area contributed by atoms with Crippen molar-refractivity contribution in [3.63, 3.8) is 0 Å². The zero-order chi connectivity index (χ0) is 15.2. The number of ether oxygens (including phenoxy) is 1. The maximum Gasteiger partial charge on any atom is 0.122 e. The highest BCUT2D eigenvalue weighted by molar-refractivity contribution is 7.11. The number of rotatable bonds is 7. The van der Waals surface area contributed by atoms with Crippen LogP contribution in [0.4, 0.5) is 0 Å². The van der Waals surface area contributed by atoms with E-state index in [9.17, 15) is 0 Å². The van der Waals surface area contributed by atoms with Crippen LogP contribution in [0.3, 0.4) is 0 Å². The van der Waals surface area contributed by atoms with Crippen LogP contribution >= 0.6 is 11.3 Å². The molecule has 4 heteroatoms. The van der Waals surface area contributed by atoms with Crippen LogP contribution in [-0.2, 0) is 4.74 Å². The Morgan fingerprint density at radius 1 is 1.29 bits per heavy atom. The first kappa shape index (κ1) is 16.9. The lowest BCUT2D eigenvalue weighted by Crippen LogP contribution is -2.19. The molecule has 1 heterocycles. The zero-order valence-corrected chi connectivity index (χ0v) is 14.8. The van der Waals surface area contributed by atoms with Crippen LogP contribution in [0.5, 0.6) is 0 Å². The lowest BCUT2D eigenvalue weighted by molar-refractivity contribution is 0.00545. The van der Waals surface area contributed by atoms with E-state index in [-0.39, 0.29) is 6.10 Å². The number of thiazole rings is 1. The fourth-order valence-corrected chi connectivity index (χ4v) is 4.62. The Balaban J connectivity index is 2.17. The van der Waals surface area contributed by atoms with Gasteiger partial charge in [-0.25, -0.2) is 4.98 Å². The van der Waals surface area contributed by atoms with E-state index in [4.69, 9.17) is 9.72 Å². The molecule has 0 aromatic carbocycles. The average molecular weight is 311 g/mol. The minimum atomic E-state index is 0.210. The van der Waals surface area contributed by atoms with Gasteiger partial charge in [0.25, 0.3) is 0 Å². The topological polar surface area (TPSA) is 34.1 Å². The van der Waals surface area contributed by atoms with E-state index in [0.29, 0.717) is 12.0 Å². The van der Waals surface area contributed by atoms with Gasteiger partial charge in [0.05, 0.1) is 5.69 Å². The number of nitrogens with zero attached hydrogens (tertiary/aromatic N) is 1. The molecule has 0 amide bonds. The Morgan fingerprint density at radius 2 is 2.00 bits per heavy atom. The smallest absolute Gasteiger partial charge is 0.122 e. The summed E-state index contributed by atoms with van der Waals surface area (Å²) in [5, 5.41) is 4.69. The van der Waals surface area contributed by atoms with Crippen molar-refractivity contribution in [3.05, 3.63) is 15.6 Å². The van der Waals surface area contributed by atoms with Crippen molar-refractivity contribution in [2.75, 3.05) is 13.2 Å². The van der Waals surface area contributed by atoms with Gasteiger partial charge in [-0.15, -0.1) is 11.3 Å². The van der Waals surface area contributed by atoms with Gasteiger partial charge in [-0.05, 0) is 46.1 Å². The molecule has 1 fully saturated rings. The molecule has 21 heavy (non-hydrogen) atoms. The number of aromatic nitrogens is 1. The fourth-order valence-electron chi connectivity index (χ4n) is 3.38. The summed E-state index contributed by atoms with van der Waals surface area (Å²) in [7, 11) is 0. The van der Waals surface area contributed by atoms with Gasteiger partial charge in [-0.1, -0.05) is 26.2 Å². The van der Waals surface area contributed by atoms with Crippen LogP contribution in [-0.4, -0.2) is 18.1 Å². The third-order valence-electron chi connectivity index (χ3n) is 4.42. The molecule has 1 aromatic heterocycles. The molecule has 0 aliphatic heterocycles. The van der Waals surface area contributed by atoms with E-state index in [1.54, 1.807) is 0 Å². The van der Waals surface area contributed by atoms with Crippen molar-refractivity contribution < 1.29 is 4.74 Å². The van der Waals surface area contributed by atoms with Crippen LogP contribution in [0.2, 0.25) is 0 Å². The summed E-state index contributed by atoms with van der Waals surface area (Å²) in [6, 6.07) is 0.384. The Kier molecular flexibility index (Phi) is 6.65. The lowest BCUT2D eigenvalue weighted by Gasteiger charge is -2.28. The number of aryl methyl sites for hydroxylation is 1. The second kappa shape index (κ2) is 8.25. The summed E-state index contributed by atoms with van der Waals surface area (Å²) in [5.74, 6) is 0.659. The number of hydrogen-bond acceptors (Lipinski definition) is 4. The summed E-state index contributed by atoms with van der Waals surface area (Å²) in [6.07, 6.45) is 6.87. The van der Waals surface area contributed by atoms with Gasteiger partial charge in [0, 0.05) is 17.5 Å². The Morgan fingerprint density at radius 3 is 2.62 bits per heavy atom. The highest BCUT2D eigenvalue weighted by Crippen LogP contribution is 2.40. The van der Waals surface area contributed by atoms with E-state index in [0.717, 1.165) is 13.2 Å². The predicted octanol–water partition coefficient (Wildman–Crippen LogP) is 4.78. The van der Waals surface area contributed by atoms with Crippen molar-refractivity contribution in [2.45, 2.75) is 71.9 Å². The van der Waals surface area contributed by atoms with Crippen molar-refractivity contribution in [3.8, 4) is 0 Å². The molecule has 0 saturated heterocycles. The van der Waals surface area contributed by atoms with Crippen molar-refractivity contribution >= 4 is 11.3 Å². The quantitative estimate of drug-likeness (QED) is 0.787. The summed E-state index contributed by atoms with van der Waals surface area (Å²) in [6.45, 7) is 10.4. The average Bonchev–Trinajstić information content (AvgIpc) is 2.87. The molecule has 0 spiro atoms. The molecule has 2 rings (SSSR count). The highest BCUT2D eigenvalue weighted by Gasteiger charge is 2.29. The molecule has 1 aliphatic rings. The molecule has 1 N–H and O–H groups in total. The van der Waals surface area contributed by atoms with E-state index < -0.39 is 0 Å². The molecule has 3 nitrogen and oxygen atoms in total. The molecule has 1 aliphatic carbocycles. The summed E-state index contributed by atoms with van der Waals surface area (Å²) < 4.78 is 6.10. The number of hydrogen-bond donors (Lipinski definition) is 1. The van der Waals surface area contributed by atoms with Crippen LogP contribution in [0, 0.1) is 12.8 Å². The largest absolute Gasteiger partial charge is 0.371 e. The molecule has 0 bridgehead atoms. The number of nitrogens with one attached hydrogen (secondary N) is 1. The molecule has 2 atom stereocenters. The van der Waals surface area contributed by atoms with E-state index in [1.165, 1.54) is 47.7 Å². The SMILES string of the molecule is CCNC(C)c1sc(C(OCC)C2CCCCC2)nc1C. The van der Waals surface area contributed by atoms with Crippen LogP contribution in [0.25, 0.3) is 0 Å². The van der Waals surface area contributed by atoms with E-state index in [2.05, 4.69) is 33.0 Å². The van der Waals surface area contributed by atoms with Gasteiger partial charge >= 0.3 is 0 Å². The fraction of sp³-hybridized carbons (Fsp3) is 0.824. The summed E-state index contributed by atoms with van der Waals surface area (Å²) in [5.41, 5.74) is 1.17. The van der Waals surface area contributed by atoms with Crippen LogP contribution in [0.1, 0.15) is 80.6 Å². The molecular formula is C17H30N2OS. The third kappa shape index (κ3) is 4.27. The van der Waals surface area contributed by atoms with Gasteiger partial charge in [-0.2, -0.15) is 0 Å². The summed E-state index contributed by atoms with van der Waals surface area (Å²) >= 11 is 1.85. The molecule has 2 unspecified atom stereocenters. The monoisotopic (exact) mass is 310 g/mol. The van der Waals surface area contributed by atoms with Gasteiger partial charge in [-0.3, -0.25) is 0 Å². The van der Waals surface area contributed by atoms with Gasteiger partial charge in [0.2, 0.25) is 0 Å². The molecule has 1 saturated carbocycles. The Hall–Kier alpha value is -0.450. The first-order valence-electron chi connectivity index (χ1n) is 8.49. The second-order valence-electron chi connectivity index (χ2n) is 6.06. The maximum atomic E-state index is 6.10. The molecule has 1 aromatic rings. The minimum Gasteiger partial charge on any atom is -0.371 e. The summed E-state index contributed by atoms with van der Waals surface area (Å²) in [4.78, 5) is 6.23. The Bertz CT molecular complexity index is 426. The standard InChI is InChI=1S/C17H30N2OS/c1-5-18-12(3)16-13(4)19-17(21-16)15(20-6-2)14-10-8-7-9-11-14/h12,14-15,18H,5-11H2,1-4H3. The zero-order valence-electron chi connectivity index (χ0n) is 13.9. The van der Waals surface area contributed by atoms with Crippen LogP contribution in [0.15, 0.2) is 0 Å². The highest BCUT2D eigenvalue weighted by atomic mass is 32.1. The second-order valence-corrected chi connectivity index (χ2v) is 7.12. The van der Waals surface area contributed by atoms with Gasteiger partial charge in [0.1, 0.15) is 11.1 Å².